The summed E-state index contributed by atoms with van der Waals surface area (Å²) in [5.41, 5.74) is 0. The first kappa shape index (κ1) is 15.9. The fourth-order valence-electron chi connectivity index (χ4n) is 1.44. The molecule has 3 heteroatoms. The van der Waals surface area contributed by atoms with Crippen LogP contribution in [0.1, 0.15) is 32.6 Å². The minimum atomic E-state index is -0.00932. The van der Waals surface area contributed by atoms with Crippen molar-refractivity contribution < 1.29 is 9.53 Å². The molecule has 0 aromatic heterocycles. The summed E-state index contributed by atoms with van der Waals surface area (Å²) in [6, 6.07) is 0. The number of ether oxygens (including phenoxy) is 1. The predicted molar refractivity (Wildman–Crippen MR) is 71.9 cm³/mol. The Hall–Kier alpha value is -1.09. The summed E-state index contributed by atoms with van der Waals surface area (Å²) in [5.74, 6) is 0.491. The second-order valence-corrected chi connectivity index (χ2v) is 4.07. The molecule has 0 aromatic carbocycles. The van der Waals surface area contributed by atoms with Gasteiger partial charge < -0.3 is 10.1 Å². The number of hydrogen-bond donors (Lipinski definition) is 1. The summed E-state index contributed by atoms with van der Waals surface area (Å²) in [6.07, 6.45) is 9.17. The van der Waals surface area contributed by atoms with Gasteiger partial charge in [-0.3, -0.25) is 4.79 Å². The Kier molecular flexibility index (Phi) is 10.7. The first-order chi connectivity index (χ1) is 8.24. The molecule has 0 rings (SSSR count). The predicted octanol–water partition coefficient (Wildman–Crippen LogP) is 2.69. The molecule has 0 aliphatic carbocycles. The monoisotopic (exact) mass is 239 g/mol. The Morgan fingerprint density at radius 2 is 2.24 bits per heavy atom. The van der Waals surface area contributed by atoms with E-state index in [0.717, 1.165) is 38.8 Å². The van der Waals surface area contributed by atoms with Crippen LogP contribution in [0.15, 0.2) is 24.8 Å². The topological polar surface area (TPSA) is 38.3 Å². The molecule has 0 bridgehead atoms. The van der Waals surface area contributed by atoms with E-state index in [1.807, 2.05) is 12.2 Å². The SMILES string of the molecule is C=CCC/C=C/C(=O)NCC(CC)CCOC. The zero-order valence-corrected chi connectivity index (χ0v) is 11.1. The van der Waals surface area contributed by atoms with E-state index in [1.54, 1.807) is 13.2 Å². The van der Waals surface area contributed by atoms with E-state index in [0.29, 0.717) is 5.92 Å². The molecule has 98 valence electrons. The highest BCUT2D eigenvalue weighted by atomic mass is 16.5. The standard InChI is InChI=1S/C14H25NO2/c1-4-6-7-8-9-14(16)15-12-13(5-2)10-11-17-3/h4,8-9,13H,1,5-7,10-12H2,2-3H3,(H,15,16)/b9-8+. The van der Waals surface area contributed by atoms with Gasteiger partial charge in [0.1, 0.15) is 0 Å². The summed E-state index contributed by atoms with van der Waals surface area (Å²) in [5, 5.41) is 2.91. The highest BCUT2D eigenvalue weighted by Crippen LogP contribution is 2.06. The van der Waals surface area contributed by atoms with Crippen LogP contribution >= 0.6 is 0 Å². The fraction of sp³-hybridized carbons (Fsp3) is 0.643. The molecule has 1 amide bonds. The molecule has 0 aliphatic rings. The molecular weight excluding hydrogens is 214 g/mol. The Bertz CT molecular complexity index is 236. The molecule has 0 heterocycles. The van der Waals surface area contributed by atoms with Crippen LogP contribution in [0.25, 0.3) is 0 Å². The summed E-state index contributed by atoms with van der Waals surface area (Å²) in [6.45, 7) is 7.24. The van der Waals surface area contributed by atoms with Crippen LogP contribution in [0.4, 0.5) is 0 Å². The highest BCUT2D eigenvalue weighted by Gasteiger charge is 2.06. The third-order valence-corrected chi connectivity index (χ3v) is 2.68. The molecular formula is C14H25NO2. The van der Waals surface area contributed by atoms with Gasteiger partial charge in [0.25, 0.3) is 0 Å². The first-order valence-corrected chi connectivity index (χ1v) is 6.28. The molecule has 1 N–H and O–H groups in total. The molecule has 0 radical (unpaired) electrons. The number of carbonyl (C=O) groups is 1. The van der Waals surface area contributed by atoms with Crippen molar-refractivity contribution in [2.75, 3.05) is 20.3 Å². The minimum absolute atomic E-state index is 0.00932. The van der Waals surface area contributed by atoms with E-state index >= 15 is 0 Å². The Labute approximate surface area is 105 Å². The molecule has 0 spiro atoms. The van der Waals surface area contributed by atoms with Crippen molar-refractivity contribution in [3.8, 4) is 0 Å². The largest absolute Gasteiger partial charge is 0.385 e. The summed E-state index contributed by atoms with van der Waals surface area (Å²) in [4.78, 5) is 11.4. The van der Waals surface area contributed by atoms with E-state index < -0.39 is 0 Å². The van der Waals surface area contributed by atoms with Crippen molar-refractivity contribution in [3.63, 3.8) is 0 Å². The van der Waals surface area contributed by atoms with Gasteiger partial charge in [0.2, 0.25) is 5.91 Å². The zero-order valence-electron chi connectivity index (χ0n) is 11.1. The first-order valence-electron chi connectivity index (χ1n) is 6.28. The lowest BCUT2D eigenvalue weighted by molar-refractivity contribution is -0.116. The van der Waals surface area contributed by atoms with Gasteiger partial charge in [-0.2, -0.15) is 0 Å². The second kappa shape index (κ2) is 11.4. The van der Waals surface area contributed by atoms with E-state index in [9.17, 15) is 4.79 Å². The maximum Gasteiger partial charge on any atom is 0.243 e. The molecule has 0 aliphatic heterocycles. The fourth-order valence-corrected chi connectivity index (χ4v) is 1.44. The van der Waals surface area contributed by atoms with Gasteiger partial charge in [-0.25, -0.2) is 0 Å². The van der Waals surface area contributed by atoms with E-state index in [-0.39, 0.29) is 5.91 Å². The number of nitrogens with one attached hydrogen (secondary N) is 1. The second-order valence-electron chi connectivity index (χ2n) is 4.07. The Morgan fingerprint density at radius 3 is 2.82 bits per heavy atom. The maximum atomic E-state index is 11.4. The molecule has 0 saturated heterocycles. The van der Waals surface area contributed by atoms with Crippen LogP contribution in [0.5, 0.6) is 0 Å². The minimum Gasteiger partial charge on any atom is -0.385 e. The van der Waals surface area contributed by atoms with Gasteiger partial charge in [0.05, 0.1) is 0 Å². The van der Waals surface area contributed by atoms with E-state index in [1.165, 1.54) is 0 Å². The molecule has 0 fully saturated rings. The summed E-state index contributed by atoms with van der Waals surface area (Å²) in [7, 11) is 1.70. The number of hydrogen-bond acceptors (Lipinski definition) is 2. The normalized spacial score (nSPS) is 12.6. The maximum absolute atomic E-state index is 11.4. The lowest BCUT2D eigenvalue weighted by Gasteiger charge is -2.14. The molecule has 0 aromatic rings. The van der Waals surface area contributed by atoms with Gasteiger partial charge in [-0.1, -0.05) is 25.5 Å². The van der Waals surface area contributed by atoms with Crippen molar-refractivity contribution in [1.82, 2.24) is 5.32 Å². The van der Waals surface area contributed by atoms with Gasteiger partial charge in [0, 0.05) is 20.3 Å². The molecule has 0 saturated carbocycles. The number of allylic oxidation sites excluding steroid dienone is 2. The van der Waals surface area contributed by atoms with Crippen LogP contribution < -0.4 is 5.32 Å². The van der Waals surface area contributed by atoms with Crippen LogP contribution in [0, 0.1) is 5.92 Å². The van der Waals surface area contributed by atoms with Gasteiger partial charge in [-0.15, -0.1) is 6.58 Å². The average Bonchev–Trinajstić information content (AvgIpc) is 2.35. The lowest BCUT2D eigenvalue weighted by atomic mass is 10.0. The number of unbranched alkanes of at least 4 members (excludes halogenated alkanes) is 1. The van der Waals surface area contributed by atoms with Crippen molar-refractivity contribution in [2.24, 2.45) is 5.92 Å². The summed E-state index contributed by atoms with van der Waals surface area (Å²) >= 11 is 0. The number of rotatable bonds is 10. The molecule has 1 atom stereocenters. The van der Waals surface area contributed by atoms with Gasteiger partial charge in [-0.05, 0) is 31.3 Å². The van der Waals surface area contributed by atoms with E-state index in [2.05, 4.69) is 18.8 Å². The molecule has 1 unspecified atom stereocenters. The van der Waals surface area contributed by atoms with Crippen LogP contribution in [-0.2, 0) is 9.53 Å². The third kappa shape index (κ3) is 9.82. The van der Waals surface area contributed by atoms with Crippen LogP contribution in [0.3, 0.4) is 0 Å². The van der Waals surface area contributed by atoms with Crippen molar-refractivity contribution >= 4 is 5.91 Å². The van der Waals surface area contributed by atoms with Gasteiger partial charge >= 0.3 is 0 Å². The molecule has 17 heavy (non-hydrogen) atoms. The number of methoxy groups -OCH3 is 1. The molecule has 3 nitrogen and oxygen atoms in total. The van der Waals surface area contributed by atoms with Crippen LogP contribution in [-0.4, -0.2) is 26.2 Å². The van der Waals surface area contributed by atoms with Crippen molar-refractivity contribution in [2.45, 2.75) is 32.6 Å². The quantitative estimate of drug-likeness (QED) is 0.361. The number of carbonyl (C=O) groups excluding carboxylic acids is 1. The van der Waals surface area contributed by atoms with Crippen LogP contribution in [0.2, 0.25) is 0 Å². The highest BCUT2D eigenvalue weighted by molar-refractivity contribution is 5.87. The number of amides is 1. The third-order valence-electron chi connectivity index (χ3n) is 2.68. The summed E-state index contributed by atoms with van der Waals surface area (Å²) < 4.78 is 5.04. The van der Waals surface area contributed by atoms with Gasteiger partial charge in [0.15, 0.2) is 0 Å². The van der Waals surface area contributed by atoms with Crippen molar-refractivity contribution in [3.05, 3.63) is 24.8 Å². The smallest absolute Gasteiger partial charge is 0.243 e. The average molecular weight is 239 g/mol. The lowest BCUT2D eigenvalue weighted by Crippen LogP contribution is -2.28. The zero-order chi connectivity index (χ0) is 12.9. The Balaban J connectivity index is 3.72. The van der Waals surface area contributed by atoms with E-state index in [4.69, 9.17) is 4.74 Å². The Morgan fingerprint density at radius 1 is 1.47 bits per heavy atom. The van der Waals surface area contributed by atoms with Crippen molar-refractivity contribution in [1.29, 1.82) is 0 Å².